The number of hydrogen-bond donors (Lipinski definition) is 2. The Kier molecular flexibility index (Phi) is 6.03. The Morgan fingerprint density at radius 2 is 1.38 bits per heavy atom. The average Bonchev–Trinajstić information content (AvgIpc) is 2.53. The van der Waals surface area contributed by atoms with E-state index in [-0.39, 0.29) is 24.4 Å². The van der Waals surface area contributed by atoms with Gasteiger partial charge >= 0.3 is 11.9 Å². The lowest BCUT2D eigenvalue weighted by molar-refractivity contribution is -0.154. The number of carboxylic acid groups (broad SMARTS) is 1. The molecule has 5 nitrogen and oxygen atoms in total. The molecule has 0 saturated heterocycles. The zero-order valence-corrected chi connectivity index (χ0v) is 12.5. The number of aliphatic hydroxyl groups is 1. The van der Waals surface area contributed by atoms with Crippen molar-refractivity contribution >= 4 is 11.9 Å². The van der Waals surface area contributed by atoms with Crippen molar-refractivity contribution in [1.29, 1.82) is 0 Å². The average molecular weight is 298 g/mol. The molecule has 2 N–H and O–H groups in total. The quantitative estimate of drug-likeness (QED) is 0.760. The van der Waals surface area contributed by atoms with Crippen molar-refractivity contribution in [1.82, 2.24) is 0 Å². The first kappa shape index (κ1) is 16.3. The second-order valence-corrected chi connectivity index (χ2v) is 6.59. The van der Waals surface area contributed by atoms with Crippen LogP contribution in [0.25, 0.3) is 0 Å². The van der Waals surface area contributed by atoms with Gasteiger partial charge in [-0.1, -0.05) is 0 Å². The third-order valence-electron chi connectivity index (χ3n) is 5.10. The molecule has 0 atom stereocenters. The van der Waals surface area contributed by atoms with Crippen LogP contribution in [0.1, 0.15) is 51.4 Å². The van der Waals surface area contributed by atoms with Crippen LogP contribution >= 0.6 is 0 Å². The number of hydrogen-bond acceptors (Lipinski definition) is 4. The topological polar surface area (TPSA) is 83.8 Å². The zero-order valence-electron chi connectivity index (χ0n) is 12.5. The van der Waals surface area contributed by atoms with Crippen LogP contribution in [0.5, 0.6) is 0 Å². The first-order valence-electron chi connectivity index (χ1n) is 8.10. The van der Waals surface area contributed by atoms with Gasteiger partial charge in [-0.25, -0.2) is 0 Å². The maximum Gasteiger partial charge on any atom is 0.308 e. The SMILES string of the molecule is O=C(O)C1CCC(C(=O)OCC2CCC(CO)CC2)CC1. The van der Waals surface area contributed by atoms with E-state index in [1.54, 1.807) is 0 Å². The van der Waals surface area contributed by atoms with Crippen LogP contribution < -0.4 is 0 Å². The standard InChI is InChI=1S/C16H26O5/c17-9-11-1-3-12(4-2-11)10-21-16(20)14-7-5-13(6-8-14)15(18)19/h11-14,17H,1-10H2,(H,18,19). The molecule has 2 fully saturated rings. The van der Waals surface area contributed by atoms with Crippen molar-refractivity contribution in [2.24, 2.45) is 23.7 Å². The minimum Gasteiger partial charge on any atom is -0.481 e. The van der Waals surface area contributed by atoms with E-state index < -0.39 is 5.97 Å². The molecule has 0 spiro atoms. The van der Waals surface area contributed by atoms with Crippen molar-refractivity contribution in [2.45, 2.75) is 51.4 Å². The molecule has 0 heterocycles. The summed E-state index contributed by atoms with van der Waals surface area (Å²) >= 11 is 0. The summed E-state index contributed by atoms with van der Waals surface area (Å²) in [6.07, 6.45) is 6.49. The normalized spacial score (nSPS) is 33.4. The second-order valence-electron chi connectivity index (χ2n) is 6.59. The van der Waals surface area contributed by atoms with Gasteiger partial charge in [0.25, 0.3) is 0 Å². The molecular formula is C16H26O5. The van der Waals surface area contributed by atoms with Gasteiger partial charge in [0.15, 0.2) is 0 Å². The van der Waals surface area contributed by atoms with Gasteiger partial charge in [-0.2, -0.15) is 0 Å². The fourth-order valence-electron chi connectivity index (χ4n) is 3.47. The number of ether oxygens (including phenoxy) is 1. The molecule has 120 valence electrons. The molecule has 2 aliphatic rings. The molecule has 2 rings (SSSR count). The van der Waals surface area contributed by atoms with Crippen LogP contribution in [0, 0.1) is 23.7 Å². The van der Waals surface area contributed by atoms with Crippen molar-refractivity contribution < 1.29 is 24.5 Å². The summed E-state index contributed by atoms with van der Waals surface area (Å²) in [7, 11) is 0. The highest BCUT2D eigenvalue weighted by Crippen LogP contribution is 2.31. The van der Waals surface area contributed by atoms with Crippen molar-refractivity contribution in [3.63, 3.8) is 0 Å². The van der Waals surface area contributed by atoms with Crippen molar-refractivity contribution in [3.05, 3.63) is 0 Å². The first-order valence-corrected chi connectivity index (χ1v) is 8.10. The molecule has 0 radical (unpaired) electrons. The fraction of sp³-hybridized carbons (Fsp3) is 0.875. The molecule has 2 saturated carbocycles. The van der Waals surface area contributed by atoms with Crippen LogP contribution in [-0.4, -0.2) is 35.4 Å². The zero-order chi connectivity index (χ0) is 15.2. The lowest BCUT2D eigenvalue weighted by Crippen LogP contribution is -2.29. The Morgan fingerprint density at radius 3 is 1.90 bits per heavy atom. The number of aliphatic carboxylic acids is 1. The van der Waals surface area contributed by atoms with Gasteiger partial charge in [0.2, 0.25) is 0 Å². The van der Waals surface area contributed by atoms with E-state index in [1.165, 1.54) is 0 Å². The highest BCUT2D eigenvalue weighted by molar-refractivity contribution is 5.74. The van der Waals surface area contributed by atoms with Gasteiger partial charge in [-0.3, -0.25) is 9.59 Å². The first-order chi connectivity index (χ1) is 10.1. The highest BCUT2D eigenvalue weighted by atomic mass is 16.5. The largest absolute Gasteiger partial charge is 0.481 e. The van der Waals surface area contributed by atoms with Gasteiger partial charge in [-0.05, 0) is 63.2 Å². The van der Waals surface area contributed by atoms with Crippen molar-refractivity contribution in [2.75, 3.05) is 13.2 Å². The van der Waals surface area contributed by atoms with Crippen LogP contribution in [0.15, 0.2) is 0 Å². The molecule has 21 heavy (non-hydrogen) atoms. The van der Waals surface area contributed by atoms with Crippen LogP contribution in [0.3, 0.4) is 0 Å². The molecule has 0 aromatic carbocycles. The summed E-state index contributed by atoms with van der Waals surface area (Å²) in [6, 6.07) is 0. The van der Waals surface area contributed by atoms with Crippen molar-refractivity contribution in [3.8, 4) is 0 Å². The van der Waals surface area contributed by atoms with E-state index in [0.717, 1.165) is 25.7 Å². The summed E-state index contributed by atoms with van der Waals surface area (Å²) in [5, 5.41) is 18.0. The Morgan fingerprint density at radius 1 is 0.857 bits per heavy atom. The predicted molar refractivity (Wildman–Crippen MR) is 76.6 cm³/mol. The Labute approximate surface area is 125 Å². The van der Waals surface area contributed by atoms with Gasteiger partial charge in [-0.15, -0.1) is 0 Å². The number of carboxylic acids is 1. The summed E-state index contributed by atoms with van der Waals surface area (Å²) in [6.45, 7) is 0.745. The van der Waals surface area contributed by atoms with Gasteiger partial charge in [0, 0.05) is 6.61 Å². The van der Waals surface area contributed by atoms with E-state index in [4.69, 9.17) is 14.9 Å². The van der Waals surface area contributed by atoms with Crippen LogP contribution in [0.4, 0.5) is 0 Å². The molecular weight excluding hydrogens is 272 g/mol. The second kappa shape index (κ2) is 7.78. The number of rotatable bonds is 5. The van der Waals surface area contributed by atoms with Crippen LogP contribution in [0.2, 0.25) is 0 Å². The predicted octanol–water partition coefficient (Wildman–Crippen LogP) is 2.22. The van der Waals surface area contributed by atoms with E-state index in [2.05, 4.69) is 0 Å². The van der Waals surface area contributed by atoms with E-state index in [1.807, 2.05) is 0 Å². The summed E-state index contributed by atoms with van der Waals surface area (Å²) in [5.74, 6) is -0.460. The molecule has 2 aliphatic carbocycles. The van der Waals surface area contributed by atoms with Crippen LogP contribution in [-0.2, 0) is 14.3 Å². The monoisotopic (exact) mass is 298 g/mol. The lowest BCUT2D eigenvalue weighted by Gasteiger charge is -2.28. The molecule has 0 amide bonds. The smallest absolute Gasteiger partial charge is 0.308 e. The molecule has 0 bridgehead atoms. The maximum atomic E-state index is 12.0. The molecule has 0 unspecified atom stereocenters. The number of carbonyl (C=O) groups is 2. The summed E-state index contributed by atoms with van der Waals surface area (Å²) in [4.78, 5) is 22.9. The third kappa shape index (κ3) is 4.70. The summed E-state index contributed by atoms with van der Waals surface area (Å²) in [5.41, 5.74) is 0. The number of aliphatic hydroxyl groups excluding tert-OH is 1. The Hall–Kier alpha value is -1.10. The van der Waals surface area contributed by atoms with Gasteiger partial charge in [0.05, 0.1) is 18.4 Å². The maximum absolute atomic E-state index is 12.0. The molecule has 0 aromatic rings. The third-order valence-corrected chi connectivity index (χ3v) is 5.10. The van der Waals surface area contributed by atoms with Gasteiger partial charge in [0.1, 0.15) is 0 Å². The lowest BCUT2D eigenvalue weighted by atomic mass is 9.82. The van der Waals surface area contributed by atoms with Gasteiger partial charge < -0.3 is 14.9 Å². The van der Waals surface area contributed by atoms with E-state index >= 15 is 0 Å². The molecule has 0 aromatic heterocycles. The molecule has 0 aliphatic heterocycles. The number of esters is 1. The fourth-order valence-corrected chi connectivity index (χ4v) is 3.47. The Balaban J connectivity index is 1.65. The Bertz CT molecular complexity index is 352. The minimum absolute atomic E-state index is 0.116. The molecule has 5 heteroatoms. The highest BCUT2D eigenvalue weighted by Gasteiger charge is 2.31. The summed E-state index contributed by atoms with van der Waals surface area (Å²) < 4.78 is 5.44. The number of carbonyl (C=O) groups excluding carboxylic acids is 1. The van der Waals surface area contributed by atoms with E-state index in [0.29, 0.717) is 44.1 Å². The van der Waals surface area contributed by atoms with E-state index in [9.17, 15) is 9.59 Å². The minimum atomic E-state index is -0.748.